The summed E-state index contributed by atoms with van der Waals surface area (Å²) in [5, 5.41) is 7.01. The molecule has 0 bridgehead atoms. The van der Waals surface area contributed by atoms with E-state index in [-0.39, 0.29) is 5.91 Å². The van der Waals surface area contributed by atoms with Gasteiger partial charge < -0.3 is 5.32 Å². The molecular formula is C13H13Br2N3O. The van der Waals surface area contributed by atoms with E-state index in [2.05, 4.69) is 49.2 Å². The number of hydrogen-bond acceptors (Lipinski definition) is 2. The largest absolute Gasteiger partial charge is 0.320 e. The number of halogens is 2. The second kappa shape index (κ2) is 6.34. The number of nitrogens with zero attached hydrogens (tertiary/aromatic N) is 2. The molecule has 0 aliphatic heterocycles. The molecule has 1 N–H and O–H groups in total. The van der Waals surface area contributed by atoms with E-state index in [4.69, 9.17) is 0 Å². The van der Waals surface area contributed by atoms with Crippen molar-refractivity contribution in [3.05, 3.63) is 45.1 Å². The minimum absolute atomic E-state index is 0.158. The molecule has 0 unspecified atom stereocenters. The standard InChI is InChI=1S/C13H13Br2N3O/c1-2-7-18-12(5-6-16-18)13(19)17-11-4-3-9(14)8-10(11)15/h3-6,8H,2,7H2,1H3,(H,17,19). The van der Waals surface area contributed by atoms with Crippen LogP contribution >= 0.6 is 31.9 Å². The first-order valence-electron chi connectivity index (χ1n) is 5.90. The average Bonchev–Trinajstić information content (AvgIpc) is 2.81. The number of nitrogens with one attached hydrogen (secondary N) is 1. The number of aryl methyl sites for hydroxylation is 1. The number of amides is 1. The Morgan fingerprint density at radius 1 is 1.37 bits per heavy atom. The highest BCUT2D eigenvalue weighted by Crippen LogP contribution is 2.26. The monoisotopic (exact) mass is 385 g/mol. The van der Waals surface area contributed by atoms with E-state index in [1.54, 1.807) is 16.9 Å². The minimum atomic E-state index is -0.158. The Labute approximate surface area is 128 Å². The van der Waals surface area contributed by atoms with Crippen molar-refractivity contribution >= 4 is 43.5 Å². The summed E-state index contributed by atoms with van der Waals surface area (Å²) in [5.41, 5.74) is 1.30. The van der Waals surface area contributed by atoms with E-state index in [9.17, 15) is 4.79 Å². The lowest BCUT2D eigenvalue weighted by atomic mass is 10.3. The first kappa shape index (κ1) is 14.3. The third kappa shape index (κ3) is 3.45. The Bertz CT molecular complexity index is 595. The minimum Gasteiger partial charge on any atom is -0.320 e. The predicted molar refractivity (Wildman–Crippen MR) is 82.3 cm³/mol. The number of anilines is 1. The molecule has 0 atom stereocenters. The van der Waals surface area contributed by atoms with Crippen LogP contribution in [0, 0.1) is 0 Å². The number of hydrogen-bond donors (Lipinski definition) is 1. The maximum absolute atomic E-state index is 12.2. The van der Waals surface area contributed by atoms with Gasteiger partial charge in [-0.2, -0.15) is 5.10 Å². The van der Waals surface area contributed by atoms with Gasteiger partial charge in [0.25, 0.3) is 5.91 Å². The Morgan fingerprint density at radius 3 is 2.84 bits per heavy atom. The zero-order valence-electron chi connectivity index (χ0n) is 10.4. The molecule has 0 radical (unpaired) electrons. The Morgan fingerprint density at radius 2 is 2.16 bits per heavy atom. The van der Waals surface area contributed by atoms with Gasteiger partial charge in [-0.1, -0.05) is 22.9 Å². The quantitative estimate of drug-likeness (QED) is 0.860. The third-order valence-electron chi connectivity index (χ3n) is 2.56. The van der Waals surface area contributed by atoms with Crippen molar-refractivity contribution in [2.75, 3.05) is 5.32 Å². The highest BCUT2D eigenvalue weighted by molar-refractivity contribution is 9.11. The number of benzene rings is 1. The normalized spacial score (nSPS) is 10.5. The van der Waals surface area contributed by atoms with E-state index in [1.807, 2.05) is 18.2 Å². The van der Waals surface area contributed by atoms with Gasteiger partial charge in [-0.05, 0) is 46.6 Å². The molecule has 0 fully saturated rings. The molecule has 0 spiro atoms. The van der Waals surface area contributed by atoms with E-state index in [0.29, 0.717) is 5.69 Å². The van der Waals surface area contributed by atoms with Crippen molar-refractivity contribution in [3.8, 4) is 0 Å². The van der Waals surface area contributed by atoms with Crippen LogP contribution in [0.15, 0.2) is 39.4 Å². The fraction of sp³-hybridized carbons (Fsp3) is 0.231. The summed E-state index contributed by atoms with van der Waals surface area (Å²) in [6.07, 6.45) is 2.57. The number of carbonyl (C=O) groups is 1. The molecule has 0 saturated heterocycles. The van der Waals surface area contributed by atoms with Crippen molar-refractivity contribution in [1.29, 1.82) is 0 Å². The summed E-state index contributed by atoms with van der Waals surface area (Å²) in [6, 6.07) is 7.33. The van der Waals surface area contributed by atoms with Gasteiger partial charge in [0.15, 0.2) is 0 Å². The van der Waals surface area contributed by atoms with Crippen molar-refractivity contribution in [1.82, 2.24) is 9.78 Å². The first-order valence-corrected chi connectivity index (χ1v) is 7.48. The van der Waals surface area contributed by atoms with Gasteiger partial charge in [-0.3, -0.25) is 9.48 Å². The second-order valence-electron chi connectivity index (χ2n) is 4.02. The van der Waals surface area contributed by atoms with Crippen LogP contribution in [0.3, 0.4) is 0 Å². The zero-order valence-corrected chi connectivity index (χ0v) is 13.5. The van der Waals surface area contributed by atoms with Crippen molar-refractivity contribution in [2.45, 2.75) is 19.9 Å². The highest BCUT2D eigenvalue weighted by Gasteiger charge is 2.13. The summed E-state index contributed by atoms with van der Waals surface area (Å²) in [6.45, 7) is 2.78. The smallest absolute Gasteiger partial charge is 0.273 e. The molecule has 0 aliphatic carbocycles. The van der Waals surface area contributed by atoms with Crippen LogP contribution in [0.5, 0.6) is 0 Å². The lowest BCUT2D eigenvalue weighted by Crippen LogP contribution is -2.18. The summed E-state index contributed by atoms with van der Waals surface area (Å²) in [4.78, 5) is 12.2. The van der Waals surface area contributed by atoms with E-state index >= 15 is 0 Å². The van der Waals surface area contributed by atoms with Gasteiger partial charge in [-0.15, -0.1) is 0 Å². The molecule has 1 aromatic heterocycles. The summed E-state index contributed by atoms with van der Waals surface area (Å²) < 4.78 is 3.49. The third-order valence-corrected chi connectivity index (χ3v) is 3.71. The number of carbonyl (C=O) groups excluding carboxylic acids is 1. The molecule has 1 amide bonds. The molecule has 2 aromatic rings. The lowest BCUT2D eigenvalue weighted by Gasteiger charge is -2.09. The molecule has 6 heteroatoms. The zero-order chi connectivity index (χ0) is 13.8. The summed E-state index contributed by atoms with van der Waals surface area (Å²) >= 11 is 6.80. The van der Waals surface area contributed by atoms with Gasteiger partial charge >= 0.3 is 0 Å². The molecular weight excluding hydrogens is 374 g/mol. The van der Waals surface area contributed by atoms with Crippen molar-refractivity contribution in [2.24, 2.45) is 0 Å². The maximum Gasteiger partial charge on any atom is 0.273 e. The topological polar surface area (TPSA) is 46.9 Å². The maximum atomic E-state index is 12.2. The molecule has 2 rings (SSSR count). The van der Waals surface area contributed by atoms with Crippen LogP contribution in [-0.2, 0) is 6.54 Å². The van der Waals surface area contributed by atoms with Gasteiger partial charge in [0.1, 0.15) is 5.69 Å². The number of aromatic nitrogens is 2. The van der Waals surface area contributed by atoms with Crippen LogP contribution < -0.4 is 5.32 Å². The van der Waals surface area contributed by atoms with Crippen LogP contribution in [-0.4, -0.2) is 15.7 Å². The molecule has 19 heavy (non-hydrogen) atoms. The average molecular weight is 387 g/mol. The molecule has 4 nitrogen and oxygen atoms in total. The van der Waals surface area contributed by atoms with Crippen LogP contribution in [0.4, 0.5) is 5.69 Å². The van der Waals surface area contributed by atoms with E-state index in [0.717, 1.165) is 27.6 Å². The fourth-order valence-electron chi connectivity index (χ4n) is 1.69. The van der Waals surface area contributed by atoms with Gasteiger partial charge in [0, 0.05) is 21.7 Å². The van der Waals surface area contributed by atoms with Crippen molar-refractivity contribution < 1.29 is 4.79 Å². The summed E-state index contributed by atoms with van der Waals surface area (Å²) in [7, 11) is 0. The predicted octanol–water partition coefficient (Wildman–Crippen LogP) is 4.07. The first-order chi connectivity index (χ1) is 9.11. The van der Waals surface area contributed by atoms with E-state index < -0.39 is 0 Å². The second-order valence-corrected chi connectivity index (χ2v) is 5.79. The molecule has 0 saturated carbocycles. The van der Waals surface area contributed by atoms with Crippen LogP contribution in [0.2, 0.25) is 0 Å². The fourth-order valence-corrected chi connectivity index (χ4v) is 2.84. The molecule has 100 valence electrons. The van der Waals surface area contributed by atoms with Gasteiger partial charge in [0.05, 0.1) is 5.69 Å². The highest BCUT2D eigenvalue weighted by atomic mass is 79.9. The van der Waals surface area contributed by atoms with Gasteiger partial charge in [0.2, 0.25) is 0 Å². The van der Waals surface area contributed by atoms with E-state index in [1.165, 1.54) is 0 Å². The molecule has 1 heterocycles. The van der Waals surface area contributed by atoms with Gasteiger partial charge in [-0.25, -0.2) is 0 Å². The van der Waals surface area contributed by atoms with Crippen LogP contribution in [0.25, 0.3) is 0 Å². The Hall–Kier alpha value is -1.14. The summed E-state index contributed by atoms with van der Waals surface area (Å²) in [5.74, 6) is -0.158. The van der Waals surface area contributed by atoms with Crippen molar-refractivity contribution in [3.63, 3.8) is 0 Å². The molecule has 1 aromatic carbocycles. The molecule has 0 aliphatic rings. The Balaban J connectivity index is 2.18. The number of rotatable bonds is 4. The Kier molecular flexibility index (Phi) is 4.76. The van der Waals surface area contributed by atoms with Crippen LogP contribution in [0.1, 0.15) is 23.8 Å². The lowest BCUT2D eigenvalue weighted by molar-refractivity contribution is 0.101. The SMILES string of the molecule is CCCn1nccc1C(=O)Nc1ccc(Br)cc1Br.